The van der Waals surface area contributed by atoms with Crippen molar-refractivity contribution in [1.82, 2.24) is 0 Å². The van der Waals surface area contributed by atoms with Crippen LogP contribution >= 0.6 is 0 Å². The molecule has 0 bridgehead atoms. The van der Waals surface area contributed by atoms with E-state index in [-0.39, 0.29) is 18.0 Å². The highest BCUT2D eigenvalue weighted by Gasteiger charge is 2.12. The Hall–Kier alpha value is -2.29. The van der Waals surface area contributed by atoms with Crippen molar-refractivity contribution in [2.45, 2.75) is 46.3 Å². The molecular weight excluding hydrogens is 288 g/mol. The normalized spacial score (nSPS) is 10.9. The van der Waals surface area contributed by atoms with E-state index in [1.165, 1.54) is 0 Å². The lowest BCUT2D eigenvalue weighted by molar-refractivity contribution is 0.0991. The van der Waals surface area contributed by atoms with Crippen molar-refractivity contribution >= 4 is 5.78 Å². The van der Waals surface area contributed by atoms with E-state index in [0.29, 0.717) is 12.0 Å². The molecule has 0 aliphatic heterocycles. The molecule has 23 heavy (non-hydrogen) atoms. The average Bonchev–Trinajstić information content (AvgIpc) is 2.49. The zero-order valence-corrected chi connectivity index (χ0v) is 14.2. The highest BCUT2D eigenvalue weighted by molar-refractivity contribution is 5.97. The first kappa shape index (κ1) is 17.1. The van der Waals surface area contributed by atoms with Gasteiger partial charge in [-0.25, -0.2) is 0 Å². The van der Waals surface area contributed by atoms with Gasteiger partial charge in [0.15, 0.2) is 5.78 Å². The van der Waals surface area contributed by atoms with Crippen molar-refractivity contribution < 1.29 is 14.3 Å². The zero-order valence-electron chi connectivity index (χ0n) is 14.2. The Balaban J connectivity index is 2.10. The van der Waals surface area contributed by atoms with Gasteiger partial charge in [-0.2, -0.15) is 0 Å². The molecule has 0 aliphatic carbocycles. The largest absolute Gasteiger partial charge is 0.491 e. The Bertz CT molecular complexity index is 642. The lowest BCUT2D eigenvalue weighted by atomic mass is 10.0. The first-order chi connectivity index (χ1) is 11.0. The number of Topliss-reactive ketones (excluding diaryl/α,β-unsaturated/α-hetero) is 1. The second-order valence-corrected chi connectivity index (χ2v) is 6.07. The standard InChI is InChI=1S/C20H24O3/c1-14(2)22-18-11-9-16(10-12-18)19(21)13-17-7-5-6-8-20(17)23-15(3)4/h5-12,14-15H,13H2,1-4H3. The van der Waals surface area contributed by atoms with Crippen molar-refractivity contribution in [3.05, 3.63) is 59.7 Å². The van der Waals surface area contributed by atoms with E-state index >= 15 is 0 Å². The van der Waals surface area contributed by atoms with E-state index in [1.54, 1.807) is 0 Å². The monoisotopic (exact) mass is 312 g/mol. The van der Waals surface area contributed by atoms with Gasteiger partial charge in [-0.05, 0) is 58.0 Å². The summed E-state index contributed by atoms with van der Waals surface area (Å²) in [6.45, 7) is 7.91. The maximum absolute atomic E-state index is 12.5. The molecule has 2 aromatic carbocycles. The summed E-state index contributed by atoms with van der Waals surface area (Å²) < 4.78 is 11.4. The lowest BCUT2D eigenvalue weighted by Gasteiger charge is -2.14. The van der Waals surface area contributed by atoms with Crippen molar-refractivity contribution in [1.29, 1.82) is 0 Å². The maximum atomic E-state index is 12.5. The second-order valence-electron chi connectivity index (χ2n) is 6.07. The Kier molecular flexibility index (Phi) is 5.80. The van der Waals surface area contributed by atoms with Gasteiger partial charge in [0.05, 0.1) is 12.2 Å². The van der Waals surface area contributed by atoms with Gasteiger partial charge in [0.25, 0.3) is 0 Å². The molecule has 0 fully saturated rings. The third-order valence-corrected chi connectivity index (χ3v) is 3.23. The molecule has 0 heterocycles. The molecule has 0 amide bonds. The minimum Gasteiger partial charge on any atom is -0.491 e. The van der Waals surface area contributed by atoms with E-state index in [9.17, 15) is 4.79 Å². The molecule has 0 radical (unpaired) electrons. The minimum atomic E-state index is 0.0703. The molecule has 0 aliphatic rings. The SMILES string of the molecule is CC(C)Oc1ccc(C(=O)Cc2ccccc2OC(C)C)cc1. The van der Waals surface area contributed by atoms with Gasteiger partial charge in [0, 0.05) is 17.5 Å². The molecule has 0 saturated heterocycles. The van der Waals surface area contributed by atoms with E-state index in [2.05, 4.69) is 0 Å². The van der Waals surface area contributed by atoms with Gasteiger partial charge in [0.2, 0.25) is 0 Å². The van der Waals surface area contributed by atoms with Crippen LogP contribution in [0.3, 0.4) is 0 Å². The molecule has 2 aromatic rings. The van der Waals surface area contributed by atoms with Crippen molar-refractivity contribution in [2.24, 2.45) is 0 Å². The predicted octanol–water partition coefficient (Wildman–Crippen LogP) is 4.69. The van der Waals surface area contributed by atoms with Gasteiger partial charge in [-0.1, -0.05) is 18.2 Å². The van der Waals surface area contributed by atoms with Crippen molar-refractivity contribution in [3.8, 4) is 11.5 Å². The van der Waals surface area contributed by atoms with Crippen LogP contribution in [0.5, 0.6) is 11.5 Å². The summed E-state index contributed by atoms with van der Waals surface area (Å²) >= 11 is 0. The maximum Gasteiger partial charge on any atom is 0.167 e. The summed E-state index contributed by atoms with van der Waals surface area (Å²) in [7, 11) is 0. The third kappa shape index (κ3) is 5.13. The van der Waals surface area contributed by atoms with Crippen LogP contribution in [-0.4, -0.2) is 18.0 Å². The van der Waals surface area contributed by atoms with Gasteiger partial charge in [0.1, 0.15) is 11.5 Å². The van der Waals surface area contributed by atoms with Crippen LogP contribution in [0.1, 0.15) is 43.6 Å². The number of rotatable bonds is 7. The summed E-state index contributed by atoms with van der Waals surface area (Å²) in [5, 5.41) is 0. The Labute approximate surface area is 138 Å². The number of para-hydroxylation sites is 1. The second kappa shape index (κ2) is 7.82. The fourth-order valence-electron chi connectivity index (χ4n) is 2.29. The average molecular weight is 312 g/mol. The number of ketones is 1. The van der Waals surface area contributed by atoms with E-state index in [4.69, 9.17) is 9.47 Å². The van der Waals surface area contributed by atoms with E-state index < -0.39 is 0 Å². The van der Waals surface area contributed by atoms with Crippen LogP contribution in [0.25, 0.3) is 0 Å². The molecule has 0 atom stereocenters. The van der Waals surface area contributed by atoms with Gasteiger partial charge < -0.3 is 9.47 Å². The summed E-state index contributed by atoms with van der Waals surface area (Å²) in [6, 6.07) is 15.0. The Morgan fingerprint density at radius 1 is 0.870 bits per heavy atom. The summed E-state index contributed by atoms with van der Waals surface area (Å²) in [6.07, 6.45) is 0.531. The molecule has 122 valence electrons. The van der Waals surface area contributed by atoms with Gasteiger partial charge in [-0.15, -0.1) is 0 Å². The lowest BCUT2D eigenvalue weighted by Crippen LogP contribution is -2.10. The van der Waals surface area contributed by atoms with Crippen LogP contribution < -0.4 is 9.47 Å². The fraction of sp³-hybridized carbons (Fsp3) is 0.350. The van der Waals surface area contributed by atoms with Crippen LogP contribution in [-0.2, 0) is 6.42 Å². The molecule has 2 rings (SSSR count). The number of hydrogen-bond donors (Lipinski definition) is 0. The first-order valence-corrected chi connectivity index (χ1v) is 8.00. The smallest absolute Gasteiger partial charge is 0.167 e. The summed E-state index contributed by atoms with van der Waals surface area (Å²) in [4.78, 5) is 12.5. The molecule has 0 spiro atoms. The highest BCUT2D eigenvalue weighted by Crippen LogP contribution is 2.22. The fourth-order valence-corrected chi connectivity index (χ4v) is 2.29. The first-order valence-electron chi connectivity index (χ1n) is 8.00. The topological polar surface area (TPSA) is 35.5 Å². The van der Waals surface area contributed by atoms with Crippen LogP contribution in [0.2, 0.25) is 0 Å². The Morgan fingerprint density at radius 2 is 1.48 bits per heavy atom. The van der Waals surface area contributed by atoms with Gasteiger partial charge in [-0.3, -0.25) is 4.79 Å². The van der Waals surface area contributed by atoms with Crippen LogP contribution in [0.15, 0.2) is 48.5 Å². The number of hydrogen-bond acceptors (Lipinski definition) is 3. The van der Waals surface area contributed by atoms with Crippen molar-refractivity contribution in [2.75, 3.05) is 0 Å². The number of benzene rings is 2. The number of carbonyl (C=O) groups excluding carboxylic acids is 1. The van der Waals surface area contributed by atoms with E-state index in [1.807, 2.05) is 76.2 Å². The third-order valence-electron chi connectivity index (χ3n) is 3.23. The Morgan fingerprint density at radius 3 is 2.09 bits per heavy atom. The predicted molar refractivity (Wildman–Crippen MR) is 92.4 cm³/mol. The van der Waals surface area contributed by atoms with Crippen molar-refractivity contribution in [3.63, 3.8) is 0 Å². The minimum absolute atomic E-state index is 0.0703. The van der Waals surface area contributed by atoms with Crippen LogP contribution in [0.4, 0.5) is 0 Å². The molecule has 0 saturated carbocycles. The molecular formula is C20H24O3. The summed E-state index contributed by atoms with van der Waals surface area (Å²) in [5.74, 6) is 1.62. The van der Waals surface area contributed by atoms with Crippen LogP contribution in [0, 0.1) is 0 Å². The zero-order chi connectivity index (χ0) is 16.8. The molecule has 3 nitrogen and oxygen atoms in total. The number of carbonyl (C=O) groups is 1. The van der Waals surface area contributed by atoms with Gasteiger partial charge >= 0.3 is 0 Å². The van der Waals surface area contributed by atoms with E-state index in [0.717, 1.165) is 17.1 Å². The molecule has 3 heteroatoms. The molecule has 0 unspecified atom stereocenters. The molecule has 0 N–H and O–H groups in total. The summed E-state index contributed by atoms with van der Waals surface area (Å²) in [5.41, 5.74) is 1.59. The molecule has 0 aromatic heterocycles. The highest BCUT2D eigenvalue weighted by atomic mass is 16.5. The quantitative estimate of drug-likeness (QED) is 0.696. The number of ether oxygens (including phenoxy) is 2.